The molecule has 0 saturated carbocycles. The van der Waals surface area contributed by atoms with Crippen molar-refractivity contribution >= 4 is 45.9 Å². The van der Waals surface area contributed by atoms with Gasteiger partial charge in [-0.2, -0.15) is 0 Å². The second-order valence-corrected chi connectivity index (χ2v) is 8.09. The molecule has 1 saturated heterocycles. The Kier molecular flexibility index (Phi) is 7.54. The van der Waals surface area contributed by atoms with Gasteiger partial charge in [-0.1, -0.05) is 36.4 Å². The molecule has 1 fully saturated rings. The Morgan fingerprint density at radius 3 is 2.26 bits per heavy atom. The number of benzene rings is 2. The van der Waals surface area contributed by atoms with Crippen LogP contribution >= 0.6 is 0 Å². The molecule has 182 valence electrons. The minimum Gasteiger partial charge on any atom is -0.473 e. The highest BCUT2D eigenvalue weighted by molar-refractivity contribution is 6.27. The molecule has 5 rings (SSSR count). The molecule has 3 aromatic rings. The summed E-state index contributed by atoms with van der Waals surface area (Å²) < 4.78 is 5.38. The van der Waals surface area contributed by atoms with Crippen molar-refractivity contribution in [2.24, 2.45) is 0 Å². The molecule has 0 spiro atoms. The highest BCUT2D eigenvalue weighted by Crippen LogP contribution is 2.40. The Labute approximate surface area is 201 Å². The number of aliphatic carboxylic acids is 2. The number of carboxylic acid groups (broad SMARTS) is 2. The van der Waals surface area contributed by atoms with E-state index in [1.807, 2.05) is 42.5 Å². The van der Waals surface area contributed by atoms with Crippen molar-refractivity contribution in [3.05, 3.63) is 60.2 Å². The number of aromatic nitrogens is 1. The molecule has 10 heteroatoms. The number of ether oxygens (including phenoxy) is 1. The lowest BCUT2D eigenvalue weighted by Gasteiger charge is -2.26. The number of hydrogen-bond acceptors (Lipinski definition) is 7. The monoisotopic (exact) mass is 478 g/mol. The molecule has 2 aliphatic rings. The van der Waals surface area contributed by atoms with Crippen molar-refractivity contribution in [1.29, 1.82) is 0 Å². The fraction of sp³-hybridized carbons (Fsp3) is 0.280. The lowest BCUT2D eigenvalue weighted by atomic mass is 10.1. The van der Waals surface area contributed by atoms with Crippen LogP contribution in [0.3, 0.4) is 0 Å². The van der Waals surface area contributed by atoms with Gasteiger partial charge in [0, 0.05) is 36.3 Å². The summed E-state index contributed by atoms with van der Waals surface area (Å²) in [6.07, 6.45) is 0.856. The molecule has 3 heterocycles. The average molecular weight is 479 g/mol. The van der Waals surface area contributed by atoms with Gasteiger partial charge < -0.3 is 25.2 Å². The highest BCUT2D eigenvalue weighted by Gasteiger charge is 2.27. The number of hydrogen-bond donors (Lipinski definition) is 3. The number of para-hydroxylation sites is 2. The van der Waals surface area contributed by atoms with Crippen molar-refractivity contribution in [3.63, 3.8) is 0 Å². The van der Waals surface area contributed by atoms with Crippen LogP contribution in [0, 0.1) is 0 Å². The number of carboxylic acids is 2. The van der Waals surface area contributed by atoms with E-state index in [2.05, 4.69) is 27.2 Å². The van der Waals surface area contributed by atoms with Crippen LogP contribution in [-0.4, -0.2) is 77.3 Å². The number of amides is 1. The van der Waals surface area contributed by atoms with Crippen molar-refractivity contribution in [2.45, 2.75) is 6.42 Å². The van der Waals surface area contributed by atoms with Crippen LogP contribution in [0.25, 0.3) is 10.9 Å². The van der Waals surface area contributed by atoms with Crippen molar-refractivity contribution in [2.75, 3.05) is 49.6 Å². The van der Waals surface area contributed by atoms with Gasteiger partial charge in [0.25, 0.3) is 0 Å². The molecule has 2 aliphatic heterocycles. The molecule has 35 heavy (non-hydrogen) atoms. The molecule has 2 aromatic carbocycles. The quantitative estimate of drug-likeness (QED) is 0.483. The first-order valence-electron chi connectivity index (χ1n) is 11.2. The van der Waals surface area contributed by atoms with Gasteiger partial charge >= 0.3 is 11.9 Å². The Bertz CT molecular complexity index is 1220. The van der Waals surface area contributed by atoms with E-state index in [0.29, 0.717) is 19.8 Å². The number of nitrogens with zero attached hydrogens (tertiary/aromatic N) is 3. The van der Waals surface area contributed by atoms with Gasteiger partial charge in [-0.25, -0.2) is 14.6 Å². The zero-order valence-electron chi connectivity index (χ0n) is 19.0. The van der Waals surface area contributed by atoms with E-state index in [1.165, 1.54) is 0 Å². The van der Waals surface area contributed by atoms with Gasteiger partial charge in [-0.3, -0.25) is 9.69 Å². The molecule has 0 aliphatic carbocycles. The molecule has 10 nitrogen and oxygen atoms in total. The number of carbonyl (C=O) groups excluding carboxylic acids is 1. The third-order valence-corrected chi connectivity index (χ3v) is 5.80. The summed E-state index contributed by atoms with van der Waals surface area (Å²) in [5, 5.41) is 19.0. The van der Waals surface area contributed by atoms with E-state index in [9.17, 15) is 4.79 Å². The first-order valence-corrected chi connectivity index (χ1v) is 11.2. The maximum absolute atomic E-state index is 12.8. The Hall–Kier alpha value is -4.02. The lowest BCUT2D eigenvalue weighted by Crippen LogP contribution is -2.41. The fourth-order valence-electron chi connectivity index (χ4n) is 4.17. The molecule has 1 aromatic heterocycles. The molecule has 3 N–H and O–H groups in total. The molecule has 0 bridgehead atoms. The van der Waals surface area contributed by atoms with Gasteiger partial charge in [0.05, 0.1) is 31.0 Å². The number of nitrogens with one attached hydrogen (secondary N) is 1. The minimum absolute atomic E-state index is 0.0172. The molecular formula is C25H26N4O6. The maximum Gasteiger partial charge on any atom is 0.414 e. The van der Waals surface area contributed by atoms with Gasteiger partial charge in [-0.05, 0) is 24.6 Å². The minimum atomic E-state index is -1.82. The molecule has 0 atom stereocenters. The van der Waals surface area contributed by atoms with Crippen molar-refractivity contribution in [3.8, 4) is 0 Å². The van der Waals surface area contributed by atoms with Crippen LogP contribution in [0.5, 0.6) is 0 Å². The summed E-state index contributed by atoms with van der Waals surface area (Å²) in [7, 11) is 0. The summed E-state index contributed by atoms with van der Waals surface area (Å²) in [4.78, 5) is 40.4. The first-order chi connectivity index (χ1) is 16.9. The Morgan fingerprint density at radius 2 is 1.57 bits per heavy atom. The topological polar surface area (TPSA) is 132 Å². The second kappa shape index (κ2) is 10.9. The van der Waals surface area contributed by atoms with Gasteiger partial charge in [-0.15, -0.1) is 0 Å². The fourth-order valence-corrected chi connectivity index (χ4v) is 4.17. The average Bonchev–Trinajstić information content (AvgIpc) is 3.29. The summed E-state index contributed by atoms with van der Waals surface area (Å²) in [5.41, 5.74) is 4.04. The summed E-state index contributed by atoms with van der Waals surface area (Å²) >= 11 is 0. The predicted molar refractivity (Wildman–Crippen MR) is 130 cm³/mol. The largest absolute Gasteiger partial charge is 0.473 e. The van der Waals surface area contributed by atoms with Crippen LogP contribution in [0.4, 0.5) is 17.2 Å². The number of morpholine rings is 1. The summed E-state index contributed by atoms with van der Waals surface area (Å²) in [5.74, 6) is -2.69. The SMILES string of the molecule is O=C(CN1CCOCC1)Nc1c2c(nc3ccccc13)N(c1ccccc1)CC2.O=C(O)C(=O)O. The molecule has 0 radical (unpaired) electrons. The standard InChI is InChI=1S/C23H24N4O2.C2H2O4/c28-21(16-26-12-14-29-15-13-26)25-22-18-8-4-5-9-20(18)24-23-19(22)10-11-27(23)17-6-2-1-3-7-17;3-1(4)2(5)6/h1-9H,10-16H2,(H,24,25,28);(H,3,4)(H,5,6). The summed E-state index contributed by atoms with van der Waals surface area (Å²) in [6.45, 7) is 4.21. The van der Waals surface area contributed by atoms with Crippen LogP contribution in [0.2, 0.25) is 0 Å². The first kappa shape index (κ1) is 24.1. The van der Waals surface area contributed by atoms with E-state index >= 15 is 0 Å². The Morgan fingerprint density at radius 1 is 0.914 bits per heavy atom. The van der Waals surface area contributed by atoms with E-state index in [4.69, 9.17) is 29.5 Å². The van der Waals surface area contributed by atoms with E-state index in [-0.39, 0.29) is 5.91 Å². The van der Waals surface area contributed by atoms with Crippen LogP contribution in [0.15, 0.2) is 54.6 Å². The lowest BCUT2D eigenvalue weighted by molar-refractivity contribution is -0.159. The zero-order valence-corrected chi connectivity index (χ0v) is 19.0. The molecular weight excluding hydrogens is 452 g/mol. The van der Waals surface area contributed by atoms with E-state index in [1.54, 1.807) is 0 Å². The Balaban J connectivity index is 0.000000431. The number of pyridine rings is 1. The second-order valence-electron chi connectivity index (χ2n) is 8.09. The van der Waals surface area contributed by atoms with Gasteiger partial charge in [0.15, 0.2) is 0 Å². The van der Waals surface area contributed by atoms with Crippen LogP contribution in [0.1, 0.15) is 5.56 Å². The van der Waals surface area contributed by atoms with Crippen molar-refractivity contribution < 1.29 is 29.3 Å². The van der Waals surface area contributed by atoms with Crippen molar-refractivity contribution in [1.82, 2.24) is 9.88 Å². The van der Waals surface area contributed by atoms with E-state index < -0.39 is 11.9 Å². The van der Waals surface area contributed by atoms with Gasteiger partial charge in [0.1, 0.15) is 5.82 Å². The van der Waals surface area contributed by atoms with Crippen LogP contribution in [-0.2, 0) is 25.5 Å². The zero-order chi connectivity index (χ0) is 24.8. The normalized spacial score (nSPS) is 15.1. The van der Waals surface area contributed by atoms with E-state index in [0.717, 1.165) is 59.7 Å². The molecule has 0 unspecified atom stereocenters. The predicted octanol–water partition coefficient (Wildman–Crippen LogP) is 2.36. The summed E-state index contributed by atoms with van der Waals surface area (Å²) in [6, 6.07) is 18.3. The third kappa shape index (κ3) is 5.73. The smallest absolute Gasteiger partial charge is 0.414 e. The van der Waals surface area contributed by atoms with Gasteiger partial charge in [0.2, 0.25) is 5.91 Å². The third-order valence-electron chi connectivity index (χ3n) is 5.80. The maximum atomic E-state index is 12.8. The molecule has 1 amide bonds. The van der Waals surface area contributed by atoms with Crippen LogP contribution < -0.4 is 10.2 Å². The number of rotatable bonds is 4. The number of anilines is 3. The number of fused-ring (bicyclic) bond motifs is 2. The highest BCUT2D eigenvalue weighted by atomic mass is 16.5. The number of carbonyl (C=O) groups is 3.